The molecule has 5 rings (SSSR count). The van der Waals surface area contributed by atoms with E-state index in [0.717, 1.165) is 48.4 Å². The lowest BCUT2D eigenvalue weighted by molar-refractivity contribution is 0.334. The summed E-state index contributed by atoms with van der Waals surface area (Å²) in [5.41, 5.74) is 3.51. The van der Waals surface area contributed by atoms with Crippen molar-refractivity contribution in [2.24, 2.45) is 5.92 Å². The molecule has 0 saturated carbocycles. The summed E-state index contributed by atoms with van der Waals surface area (Å²) < 4.78 is 13.0. The molecule has 6 heteroatoms. The van der Waals surface area contributed by atoms with Crippen LogP contribution < -0.4 is 20.3 Å². The Hall–Kier alpha value is -3.64. The zero-order chi connectivity index (χ0) is 24.2. The van der Waals surface area contributed by atoms with Crippen LogP contribution >= 0.6 is 0 Å². The minimum atomic E-state index is -0.0192. The average Bonchev–Trinajstić information content (AvgIpc) is 2.91. The highest BCUT2D eigenvalue weighted by Gasteiger charge is 2.21. The highest BCUT2D eigenvalue weighted by molar-refractivity contribution is 5.85. The number of rotatable bonds is 7. The Bertz CT molecular complexity index is 1370. The third-order valence-corrected chi connectivity index (χ3v) is 6.64. The van der Waals surface area contributed by atoms with E-state index in [1.54, 1.807) is 7.11 Å². The van der Waals surface area contributed by atoms with Crippen molar-refractivity contribution in [3.8, 4) is 34.0 Å². The molecule has 0 bridgehead atoms. The van der Waals surface area contributed by atoms with Crippen molar-refractivity contribution in [1.82, 2.24) is 14.9 Å². The Kier molecular flexibility index (Phi) is 6.82. The van der Waals surface area contributed by atoms with Crippen molar-refractivity contribution in [3.63, 3.8) is 0 Å². The molecular weight excluding hydrogens is 438 g/mol. The molecule has 35 heavy (non-hydrogen) atoms. The molecule has 0 amide bonds. The van der Waals surface area contributed by atoms with E-state index >= 15 is 0 Å². The first kappa shape index (κ1) is 23.1. The Balaban J connectivity index is 1.64. The second-order valence-electron chi connectivity index (χ2n) is 8.95. The molecule has 6 nitrogen and oxygen atoms in total. The van der Waals surface area contributed by atoms with Crippen LogP contribution in [-0.2, 0) is 6.54 Å². The monoisotopic (exact) mass is 469 g/mol. The first-order chi connectivity index (χ1) is 17.2. The van der Waals surface area contributed by atoms with Gasteiger partial charge in [-0.25, -0.2) is 4.98 Å². The molecule has 180 valence electrons. The predicted octanol–water partition coefficient (Wildman–Crippen LogP) is 5.14. The fraction of sp³-hybridized carbons (Fsp3) is 0.310. The highest BCUT2D eigenvalue weighted by Crippen LogP contribution is 2.31. The van der Waals surface area contributed by atoms with E-state index in [0.29, 0.717) is 41.5 Å². The molecule has 1 atom stereocenters. The predicted molar refractivity (Wildman–Crippen MR) is 140 cm³/mol. The van der Waals surface area contributed by atoms with Gasteiger partial charge in [0.15, 0.2) is 0 Å². The first-order valence-corrected chi connectivity index (χ1v) is 12.3. The summed E-state index contributed by atoms with van der Waals surface area (Å²) in [4.78, 5) is 19.0. The van der Waals surface area contributed by atoms with Crippen LogP contribution in [0.25, 0.3) is 33.4 Å². The van der Waals surface area contributed by atoms with Crippen LogP contribution in [0, 0.1) is 5.92 Å². The Labute approximate surface area is 205 Å². The van der Waals surface area contributed by atoms with Crippen LogP contribution in [0.3, 0.4) is 0 Å². The average molecular weight is 470 g/mol. The number of aromatic nitrogens is 2. The van der Waals surface area contributed by atoms with Gasteiger partial charge in [-0.05, 0) is 86.3 Å². The molecule has 1 fully saturated rings. The van der Waals surface area contributed by atoms with E-state index in [1.807, 2.05) is 78.2 Å². The topological polar surface area (TPSA) is 65.4 Å². The SMILES string of the molecule is CCOc1ccc(-c2ccc3nc(-c4ccccc4OC)n(CC4CCCNC4)c(=O)c3c2)cc1. The van der Waals surface area contributed by atoms with Crippen molar-refractivity contribution in [2.45, 2.75) is 26.3 Å². The quantitative estimate of drug-likeness (QED) is 0.406. The minimum Gasteiger partial charge on any atom is -0.496 e. The van der Waals surface area contributed by atoms with Gasteiger partial charge < -0.3 is 14.8 Å². The second kappa shape index (κ2) is 10.3. The van der Waals surface area contributed by atoms with E-state index < -0.39 is 0 Å². The van der Waals surface area contributed by atoms with Crippen LogP contribution in [0.5, 0.6) is 11.5 Å². The maximum absolute atomic E-state index is 14.0. The molecule has 1 aromatic heterocycles. The van der Waals surface area contributed by atoms with Crippen LogP contribution in [0.4, 0.5) is 0 Å². The van der Waals surface area contributed by atoms with E-state index in [4.69, 9.17) is 14.5 Å². The minimum absolute atomic E-state index is 0.0192. The van der Waals surface area contributed by atoms with Gasteiger partial charge in [0.1, 0.15) is 17.3 Å². The molecule has 1 aliphatic heterocycles. The fourth-order valence-electron chi connectivity index (χ4n) is 4.85. The Morgan fingerprint density at radius 3 is 2.60 bits per heavy atom. The van der Waals surface area contributed by atoms with Gasteiger partial charge >= 0.3 is 0 Å². The summed E-state index contributed by atoms with van der Waals surface area (Å²) in [5.74, 6) is 2.58. The third kappa shape index (κ3) is 4.80. The van der Waals surface area contributed by atoms with Crippen LogP contribution in [0.2, 0.25) is 0 Å². The summed E-state index contributed by atoms with van der Waals surface area (Å²) in [6.45, 7) is 5.16. The molecular formula is C29H31N3O3. The van der Waals surface area contributed by atoms with Gasteiger partial charge in [0, 0.05) is 6.54 Å². The largest absolute Gasteiger partial charge is 0.496 e. The fourth-order valence-corrected chi connectivity index (χ4v) is 4.85. The van der Waals surface area contributed by atoms with Gasteiger partial charge in [0.25, 0.3) is 5.56 Å². The zero-order valence-corrected chi connectivity index (χ0v) is 20.3. The standard InChI is InChI=1S/C29H31N3O3/c1-3-35-23-13-10-21(11-14-23)22-12-15-26-25(17-22)29(33)32(19-20-7-6-16-30-18-20)28(31-26)24-8-4-5-9-27(24)34-2/h4-5,8-15,17,20,30H,3,6-7,16,18-19H2,1-2H3. The second-order valence-corrected chi connectivity index (χ2v) is 8.95. The number of nitrogens with zero attached hydrogens (tertiary/aromatic N) is 2. The number of para-hydroxylation sites is 1. The third-order valence-electron chi connectivity index (χ3n) is 6.64. The van der Waals surface area contributed by atoms with E-state index in [2.05, 4.69) is 5.32 Å². The number of methoxy groups -OCH3 is 1. The lowest BCUT2D eigenvalue weighted by atomic mass is 9.99. The van der Waals surface area contributed by atoms with Crippen molar-refractivity contribution >= 4 is 10.9 Å². The number of piperidine rings is 1. The number of ether oxygens (including phenoxy) is 2. The Morgan fingerprint density at radius 1 is 1.06 bits per heavy atom. The van der Waals surface area contributed by atoms with E-state index in [1.165, 1.54) is 0 Å². The van der Waals surface area contributed by atoms with Crippen LogP contribution in [0.15, 0.2) is 71.5 Å². The van der Waals surface area contributed by atoms with Gasteiger partial charge in [-0.2, -0.15) is 0 Å². The number of fused-ring (bicyclic) bond motifs is 1. The molecule has 2 heterocycles. The molecule has 0 aliphatic carbocycles. The van der Waals surface area contributed by atoms with Gasteiger partial charge in [-0.15, -0.1) is 0 Å². The number of hydrogen-bond donors (Lipinski definition) is 1. The maximum Gasteiger partial charge on any atom is 0.261 e. The molecule has 3 aromatic carbocycles. The van der Waals surface area contributed by atoms with Gasteiger partial charge in [-0.1, -0.05) is 30.3 Å². The molecule has 1 unspecified atom stereocenters. The molecule has 4 aromatic rings. The smallest absolute Gasteiger partial charge is 0.261 e. The van der Waals surface area contributed by atoms with Crippen molar-refractivity contribution in [2.75, 3.05) is 26.8 Å². The summed E-state index contributed by atoms with van der Waals surface area (Å²) in [5, 5.41) is 4.09. The summed E-state index contributed by atoms with van der Waals surface area (Å²) in [7, 11) is 1.65. The van der Waals surface area contributed by atoms with E-state index in [9.17, 15) is 4.79 Å². The highest BCUT2D eigenvalue weighted by atomic mass is 16.5. The summed E-state index contributed by atoms with van der Waals surface area (Å²) >= 11 is 0. The first-order valence-electron chi connectivity index (χ1n) is 12.3. The summed E-state index contributed by atoms with van der Waals surface area (Å²) in [6, 6.07) is 21.6. The van der Waals surface area contributed by atoms with Crippen molar-refractivity contribution in [3.05, 3.63) is 77.1 Å². The number of hydrogen-bond acceptors (Lipinski definition) is 5. The van der Waals surface area contributed by atoms with Gasteiger partial charge in [0.05, 0.1) is 30.2 Å². The summed E-state index contributed by atoms with van der Waals surface area (Å²) in [6.07, 6.45) is 2.21. The maximum atomic E-state index is 14.0. The molecule has 0 radical (unpaired) electrons. The molecule has 0 spiro atoms. The van der Waals surface area contributed by atoms with E-state index in [-0.39, 0.29) is 5.56 Å². The van der Waals surface area contributed by atoms with Crippen LogP contribution in [0.1, 0.15) is 19.8 Å². The Morgan fingerprint density at radius 2 is 1.86 bits per heavy atom. The lowest BCUT2D eigenvalue weighted by Gasteiger charge is -2.25. The number of nitrogens with one attached hydrogen (secondary N) is 1. The van der Waals surface area contributed by atoms with Gasteiger partial charge in [0.2, 0.25) is 0 Å². The van der Waals surface area contributed by atoms with Crippen molar-refractivity contribution < 1.29 is 9.47 Å². The van der Waals surface area contributed by atoms with Crippen LogP contribution in [-0.4, -0.2) is 36.4 Å². The van der Waals surface area contributed by atoms with Gasteiger partial charge in [-0.3, -0.25) is 9.36 Å². The zero-order valence-electron chi connectivity index (χ0n) is 20.3. The molecule has 1 saturated heterocycles. The lowest BCUT2D eigenvalue weighted by Crippen LogP contribution is -2.35. The van der Waals surface area contributed by atoms with Crippen molar-refractivity contribution in [1.29, 1.82) is 0 Å². The normalized spacial score (nSPS) is 15.8. The molecule has 1 N–H and O–H groups in total. The number of benzene rings is 3. The molecule has 1 aliphatic rings.